The Balaban J connectivity index is 2.08. The van der Waals surface area contributed by atoms with Gasteiger partial charge in [-0.1, -0.05) is 0 Å². The van der Waals surface area contributed by atoms with Crippen LogP contribution in [-0.2, 0) is 4.74 Å². The highest BCUT2D eigenvalue weighted by Gasteiger charge is 2.44. The Kier molecular flexibility index (Phi) is 4.70. The molecule has 1 aromatic carbocycles. The van der Waals surface area contributed by atoms with E-state index in [0.29, 0.717) is 0 Å². The Morgan fingerprint density at radius 1 is 1.14 bits per heavy atom. The van der Waals surface area contributed by atoms with E-state index in [1.807, 2.05) is 0 Å². The molecule has 1 fully saturated rings. The van der Waals surface area contributed by atoms with Crippen LogP contribution in [0.4, 0.5) is 5.69 Å². The quantitative estimate of drug-likeness (QED) is 0.400. The van der Waals surface area contributed by atoms with Crippen molar-refractivity contribution in [1.82, 2.24) is 0 Å². The molecule has 2 rings (SSSR count). The first-order chi connectivity index (χ1) is 9.93. The molecule has 4 N–H and O–H groups in total. The fraction of sp³-hybridized carbons (Fsp3) is 0.500. The first kappa shape index (κ1) is 15.6. The summed E-state index contributed by atoms with van der Waals surface area (Å²) in [6, 6.07) is 5.03. The Bertz CT molecular complexity index is 491. The lowest BCUT2D eigenvalue weighted by Gasteiger charge is -2.39. The average molecular weight is 301 g/mol. The van der Waals surface area contributed by atoms with E-state index in [-0.39, 0.29) is 11.4 Å². The molecule has 0 saturated carbocycles. The summed E-state index contributed by atoms with van der Waals surface area (Å²) >= 11 is 0. The molecule has 1 heterocycles. The number of benzene rings is 1. The van der Waals surface area contributed by atoms with Crippen molar-refractivity contribution >= 4 is 5.69 Å². The second-order valence-electron chi connectivity index (χ2n) is 4.57. The standard InChI is InChI=1S/C12H15NO8/c14-5-8-9(15)10(16)11(17)12(21-8)20-7-3-1-6(2-4-7)13(18)19/h1-4,8-12,14-17H,5H2/t8-,9+,10-,11-,12+/m0/s1. The zero-order valence-corrected chi connectivity index (χ0v) is 10.8. The minimum absolute atomic E-state index is 0.129. The van der Waals surface area contributed by atoms with Gasteiger partial charge in [0, 0.05) is 12.1 Å². The van der Waals surface area contributed by atoms with Gasteiger partial charge in [0.25, 0.3) is 5.69 Å². The highest BCUT2D eigenvalue weighted by atomic mass is 16.7. The summed E-state index contributed by atoms with van der Waals surface area (Å²) in [6.07, 6.45) is -6.94. The van der Waals surface area contributed by atoms with E-state index in [1.165, 1.54) is 24.3 Å². The van der Waals surface area contributed by atoms with Gasteiger partial charge >= 0.3 is 0 Å². The van der Waals surface area contributed by atoms with E-state index in [0.717, 1.165) is 0 Å². The summed E-state index contributed by atoms with van der Waals surface area (Å²) < 4.78 is 10.4. The van der Waals surface area contributed by atoms with Crippen molar-refractivity contribution in [1.29, 1.82) is 0 Å². The highest BCUT2D eigenvalue weighted by molar-refractivity contribution is 5.36. The van der Waals surface area contributed by atoms with Gasteiger partial charge in [0.1, 0.15) is 30.2 Å². The Hall–Kier alpha value is -1.78. The van der Waals surface area contributed by atoms with E-state index in [2.05, 4.69) is 0 Å². The Morgan fingerprint density at radius 2 is 1.76 bits per heavy atom. The minimum Gasteiger partial charge on any atom is -0.462 e. The van der Waals surface area contributed by atoms with Gasteiger partial charge in [0.15, 0.2) is 0 Å². The van der Waals surface area contributed by atoms with Gasteiger partial charge < -0.3 is 29.9 Å². The molecule has 5 atom stereocenters. The van der Waals surface area contributed by atoms with Crippen LogP contribution in [0.5, 0.6) is 5.75 Å². The first-order valence-corrected chi connectivity index (χ1v) is 6.15. The smallest absolute Gasteiger partial charge is 0.269 e. The third-order valence-corrected chi connectivity index (χ3v) is 3.15. The van der Waals surface area contributed by atoms with Gasteiger partial charge in [-0.3, -0.25) is 10.1 Å². The number of non-ortho nitro benzene ring substituents is 1. The maximum atomic E-state index is 10.5. The SMILES string of the molecule is O=[N+]([O-])c1ccc(O[C@@H]2O[C@@H](CO)[C@@H](O)[C@H](O)[C@@H]2O)cc1. The molecule has 0 spiro atoms. The normalized spacial score (nSPS) is 32.7. The van der Waals surface area contributed by atoms with Crippen LogP contribution in [0.15, 0.2) is 24.3 Å². The summed E-state index contributed by atoms with van der Waals surface area (Å²) in [5.41, 5.74) is -0.129. The van der Waals surface area contributed by atoms with Gasteiger partial charge in [-0.25, -0.2) is 0 Å². The number of ether oxygens (including phenoxy) is 2. The van der Waals surface area contributed by atoms with Crippen LogP contribution in [0.25, 0.3) is 0 Å². The third kappa shape index (κ3) is 3.28. The lowest BCUT2D eigenvalue weighted by Crippen LogP contribution is -2.60. The predicted molar refractivity (Wildman–Crippen MR) is 67.5 cm³/mol. The number of rotatable bonds is 4. The molecule has 1 aliphatic heterocycles. The number of aliphatic hydroxyl groups is 4. The second-order valence-corrected chi connectivity index (χ2v) is 4.57. The Morgan fingerprint density at radius 3 is 2.29 bits per heavy atom. The van der Waals surface area contributed by atoms with Crippen molar-refractivity contribution in [2.45, 2.75) is 30.7 Å². The molecule has 9 nitrogen and oxygen atoms in total. The van der Waals surface area contributed by atoms with Crippen molar-refractivity contribution in [3.8, 4) is 5.75 Å². The van der Waals surface area contributed by atoms with E-state index < -0.39 is 42.2 Å². The third-order valence-electron chi connectivity index (χ3n) is 3.15. The number of nitrogens with zero attached hydrogens (tertiary/aromatic N) is 1. The van der Waals surface area contributed by atoms with Crippen molar-refractivity contribution in [3.05, 3.63) is 34.4 Å². The van der Waals surface area contributed by atoms with Crippen LogP contribution in [0.3, 0.4) is 0 Å². The minimum atomic E-state index is -1.54. The fourth-order valence-corrected chi connectivity index (χ4v) is 1.95. The van der Waals surface area contributed by atoms with Gasteiger partial charge in [0.05, 0.1) is 11.5 Å². The lowest BCUT2D eigenvalue weighted by atomic mass is 9.99. The summed E-state index contributed by atoms with van der Waals surface area (Å²) in [5.74, 6) is 0.171. The largest absolute Gasteiger partial charge is 0.462 e. The fourth-order valence-electron chi connectivity index (χ4n) is 1.95. The average Bonchev–Trinajstić information content (AvgIpc) is 2.48. The number of hydrogen-bond donors (Lipinski definition) is 4. The van der Waals surface area contributed by atoms with Crippen LogP contribution in [0.2, 0.25) is 0 Å². The number of nitro benzene ring substituents is 1. The molecule has 21 heavy (non-hydrogen) atoms. The zero-order valence-electron chi connectivity index (χ0n) is 10.8. The summed E-state index contributed by atoms with van der Waals surface area (Å²) in [6.45, 7) is -0.564. The molecule has 9 heteroatoms. The van der Waals surface area contributed by atoms with Crippen molar-refractivity contribution < 1.29 is 34.8 Å². The van der Waals surface area contributed by atoms with E-state index in [9.17, 15) is 25.4 Å². The van der Waals surface area contributed by atoms with Gasteiger partial charge in [0.2, 0.25) is 6.29 Å². The maximum absolute atomic E-state index is 10.5. The van der Waals surface area contributed by atoms with Crippen LogP contribution >= 0.6 is 0 Å². The van der Waals surface area contributed by atoms with Gasteiger partial charge in [-0.15, -0.1) is 0 Å². The molecule has 0 unspecified atom stereocenters. The molecule has 1 aromatic rings. The molecule has 1 aliphatic rings. The topological polar surface area (TPSA) is 143 Å². The van der Waals surface area contributed by atoms with E-state index in [4.69, 9.17) is 14.6 Å². The van der Waals surface area contributed by atoms with Crippen LogP contribution in [-0.4, -0.2) is 62.7 Å². The van der Waals surface area contributed by atoms with E-state index >= 15 is 0 Å². The highest BCUT2D eigenvalue weighted by Crippen LogP contribution is 2.25. The Labute approximate surface area is 119 Å². The molecular weight excluding hydrogens is 286 g/mol. The van der Waals surface area contributed by atoms with Crippen LogP contribution in [0.1, 0.15) is 0 Å². The van der Waals surface area contributed by atoms with Crippen molar-refractivity contribution in [2.75, 3.05) is 6.61 Å². The van der Waals surface area contributed by atoms with Gasteiger partial charge in [-0.2, -0.15) is 0 Å². The molecule has 1 saturated heterocycles. The molecule has 0 bridgehead atoms. The summed E-state index contributed by atoms with van der Waals surface area (Å²) in [7, 11) is 0. The van der Waals surface area contributed by atoms with Crippen molar-refractivity contribution in [2.24, 2.45) is 0 Å². The van der Waals surface area contributed by atoms with Crippen molar-refractivity contribution in [3.63, 3.8) is 0 Å². The lowest BCUT2D eigenvalue weighted by molar-refractivity contribution is -0.384. The van der Waals surface area contributed by atoms with Gasteiger partial charge in [-0.05, 0) is 12.1 Å². The molecule has 0 amide bonds. The predicted octanol–water partition coefficient (Wildman–Crippen LogP) is -1.23. The monoisotopic (exact) mass is 301 g/mol. The molecule has 0 radical (unpaired) electrons. The second kappa shape index (κ2) is 6.33. The number of aliphatic hydroxyl groups excluding tert-OH is 4. The first-order valence-electron chi connectivity index (χ1n) is 6.15. The molecule has 116 valence electrons. The number of nitro groups is 1. The van der Waals surface area contributed by atoms with E-state index in [1.54, 1.807) is 0 Å². The molecule has 0 aromatic heterocycles. The molecule has 0 aliphatic carbocycles. The molecular formula is C12H15NO8. The maximum Gasteiger partial charge on any atom is 0.269 e. The zero-order chi connectivity index (χ0) is 15.6. The van der Waals surface area contributed by atoms with Crippen LogP contribution < -0.4 is 4.74 Å². The van der Waals surface area contributed by atoms with Crippen LogP contribution in [0, 0.1) is 10.1 Å². The summed E-state index contributed by atoms with van der Waals surface area (Å²) in [4.78, 5) is 9.95. The number of hydrogen-bond acceptors (Lipinski definition) is 8. The summed E-state index contributed by atoms with van der Waals surface area (Å²) in [5, 5.41) is 48.6.